The third-order valence-corrected chi connectivity index (χ3v) is 7.16. The van der Waals surface area contributed by atoms with Crippen LogP contribution in [0.1, 0.15) is 41.3 Å². The Morgan fingerprint density at radius 3 is 2.85 bits per heavy atom. The molecule has 1 atom stereocenters. The van der Waals surface area contributed by atoms with Gasteiger partial charge in [-0.2, -0.15) is 5.26 Å². The van der Waals surface area contributed by atoms with E-state index in [1.807, 2.05) is 39.0 Å². The van der Waals surface area contributed by atoms with E-state index in [0.717, 1.165) is 46.3 Å². The standard InChI is InChI=1S/C21H21N3OS2/c1-12-8-9-13(2)16(10-12)24-20(25)18-15-6-4-5-7-17(15)27-19(18)23-21(24)26-14(3)11-22/h8-10,14H,4-7H2,1-3H3/t14-/m0/s1. The van der Waals surface area contributed by atoms with Gasteiger partial charge in [-0.05, 0) is 69.2 Å². The van der Waals surface area contributed by atoms with E-state index in [1.165, 1.54) is 28.6 Å². The van der Waals surface area contributed by atoms with Crippen molar-refractivity contribution in [3.8, 4) is 11.8 Å². The number of aromatic nitrogens is 2. The van der Waals surface area contributed by atoms with Gasteiger partial charge in [0.2, 0.25) is 0 Å². The molecule has 2 aromatic heterocycles. The number of nitriles is 1. The predicted octanol–water partition coefficient (Wildman–Crippen LogP) is 4.95. The lowest BCUT2D eigenvalue weighted by molar-refractivity contribution is 0.699. The van der Waals surface area contributed by atoms with Gasteiger partial charge < -0.3 is 0 Å². The molecule has 4 nitrogen and oxygen atoms in total. The summed E-state index contributed by atoms with van der Waals surface area (Å²) in [6.45, 7) is 5.88. The number of rotatable bonds is 3. The highest BCUT2D eigenvalue weighted by molar-refractivity contribution is 8.00. The Morgan fingerprint density at radius 1 is 1.30 bits per heavy atom. The van der Waals surface area contributed by atoms with Crippen LogP contribution in [0.3, 0.4) is 0 Å². The molecular weight excluding hydrogens is 374 g/mol. The van der Waals surface area contributed by atoms with Gasteiger partial charge in [0.05, 0.1) is 22.4 Å². The fourth-order valence-corrected chi connectivity index (χ4v) is 5.73. The molecule has 138 valence electrons. The van der Waals surface area contributed by atoms with E-state index in [4.69, 9.17) is 4.98 Å². The maximum absolute atomic E-state index is 13.6. The first-order valence-corrected chi connectivity index (χ1v) is 10.9. The first kappa shape index (κ1) is 18.3. The van der Waals surface area contributed by atoms with Crippen LogP contribution in [0.15, 0.2) is 28.2 Å². The molecule has 0 bridgehead atoms. The number of benzene rings is 1. The second-order valence-corrected chi connectivity index (χ2v) is 9.50. The van der Waals surface area contributed by atoms with Crippen molar-refractivity contribution in [2.75, 3.05) is 0 Å². The molecule has 6 heteroatoms. The topological polar surface area (TPSA) is 58.7 Å². The van der Waals surface area contributed by atoms with E-state index in [0.29, 0.717) is 5.16 Å². The zero-order chi connectivity index (χ0) is 19.1. The molecule has 2 heterocycles. The highest BCUT2D eigenvalue weighted by Gasteiger charge is 2.24. The number of thiophene rings is 1. The maximum Gasteiger partial charge on any atom is 0.267 e. The Kier molecular flexibility index (Phi) is 4.83. The van der Waals surface area contributed by atoms with Crippen LogP contribution in [-0.2, 0) is 12.8 Å². The van der Waals surface area contributed by atoms with Crippen molar-refractivity contribution in [1.82, 2.24) is 9.55 Å². The minimum atomic E-state index is -0.277. The van der Waals surface area contributed by atoms with Gasteiger partial charge in [-0.15, -0.1) is 11.3 Å². The summed E-state index contributed by atoms with van der Waals surface area (Å²) in [4.78, 5) is 20.6. The molecule has 0 amide bonds. The van der Waals surface area contributed by atoms with E-state index in [9.17, 15) is 10.1 Å². The minimum absolute atomic E-state index is 0.000685. The van der Waals surface area contributed by atoms with E-state index in [2.05, 4.69) is 6.07 Å². The Balaban J connectivity index is 2.06. The molecule has 0 saturated heterocycles. The number of thioether (sulfide) groups is 1. The highest BCUT2D eigenvalue weighted by atomic mass is 32.2. The quantitative estimate of drug-likeness (QED) is 0.465. The lowest BCUT2D eigenvalue weighted by atomic mass is 9.97. The second kappa shape index (κ2) is 7.14. The molecule has 4 rings (SSSR count). The van der Waals surface area contributed by atoms with E-state index >= 15 is 0 Å². The molecule has 0 unspecified atom stereocenters. The third kappa shape index (κ3) is 3.19. The SMILES string of the molecule is Cc1ccc(C)c(-n2c(S[C@@H](C)C#N)nc3sc4c(c3c2=O)CCCC4)c1. The van der Waals surface area contributed by atoms with Crippen LogP contribution < -0.4 is 5.56 Å². The van der Waals surface area contributed by atoms with Gasteiger partial charge in [0.25, 0.3) is 5.56 Å². The van der Waals surface area contributed by atoms with Crippen molar-refractivity contribution >= 4 is 33.3 Å². The van der Waals surface area contributed by atoms with Crippen LogP contribution >= 0.6 is 23.1 Å². The molecule has 0 fully saturated rings. The summed E-state index contributed by atoms with van der Waals surface area (Å²) < 4.78 is 1.73. The Bertz CT molecular complexity index is 1140. The lowest BCUT2D eigenvalue weighted by Gasteiger charge is -2.16. The summed E-state index contributed by atoms with van der Waals surface area (Å²) in [5.74, 6) is 0. The number of hydrogen-bond acceptors (Lipinski definition) is 5. The Morgan fingerprint density at radius 2 is 2.07 bits per heavy atom. The highest BCUT2D eigenvalue weighted by Crippen LogP contribution is 2.36. The average Bonchev–Trinajstić information content (AvgIpc) is 3.02. The van der Waals surface area contributed by atoms with Crippen molar-refractivity contribution < 1.29 is 0 Å². The fourth-order valence-electron chi connectivity index (χ4n) is 3.62. The van der Waals surface area contributed by atoms with Gasteiger partial charge in [-0.25, -0.2) is 4.98 Å². The van der Waals surface area contributed by atoms with Crippen molar-refractivity contribution in [3.63, 3.8) is 0 Å². The van der Waals surface area contributed by atoms with Crippen molar-refractivity contribution in [2.45, 2.75) is 56.9 Å². The largest absolute Gasteiger partial charge is 0.268 e. The monoisotopic (exact) mass is 395 g/mol. The van der Waals surface area contributed by atoms with Crippen LogP contribution in [0.2, 0.25) is 0 Å². The summed E-state index contributed by atoms with van der Waals surface area (Å²) in [6, 6.07) is 8.36. The number of hydrogen-bond donors (Lipinski definition) is 0. The Labute approximate surface area is 166 Å². The van der Waals surface area contributed by atoms with Gasteiger partial charge >= 0.3 is 0 Å². The maximum atomic E-state index is 13.6. The molecule has 0 saturated carbocycles. The van der Waals surface area contributed by atoms with Gasteiger partial charge in [-0.1, -0.05) is 23.9 Å². The Hall–Kier alpha value is -2.10. The molecule has 1 aromatic carbocycles. The smallest absolute Gasteiger partial charge is 0.267 e. The summed E-state index contributed by atoms with van der Waals surface area (Å²) in [6.07, 6.45) is 4.30. The van der Waals surface area contributed by atoms with E-state index in [-0.39, 0.29) is 10.8 Å². The van der Waals surface area contributed by atoms with Crippen LogP contribution in [-0.4, -0.2) is 14.8 Å². The summed E-state index contributed by atoms with van der Waals surface area (Å²) in [5, 5.41) is 10.4. The van der Waals surface area contributed by atoms with E-state index in [1.54, 1.807) is 15.9 Å². The molecule has 27 heavy (non-hydrogen) atoms. The first-order valence-electron chi connectivity index (χ1n) is 9.21. The van der Waals surface area contributed by atoms with Crippen LogP contribution in [0.25, 0.3) is 15.9 Å². The minimum Gasteiger partial charge on any atom is -0.268 e. The van der Waals surface area contributed by atoms with Gasteiger partial charge in [0.15, 0.2) is 5.16 Å². The molecule has 0 aliphatic heterocycles. The van der Waals surface area contributed by atoms with Crippen molar-refractivity contribution in [1.29, 1.82) is 5.26 Å². The van der Waals surface area contributed by atoms with Crippen molar-refractivity contribution in [2.24, 2.45) is 0 Å². The van der Waals surface area contributed by atoms with Gasteiger partial charge in [0.1, 0.15) is 4.83 Å². The van der Waals surface area contributed by atoms with Gasteiger partial charge in [0, 0.05) is 4.88 Å². The summed E-state index contributed by atoms with van der Waals surface area (Å²) in [7, 11) is 0. The normalized spacial score (nSPS) is 14.7. The molecule has 0 spiro atoms. The van der Waals surface area contributed by atoms with E-state index < -0.39 is 0 Å². The predicted molar refractivity (Wildman–Crippen MR) is 112 cm³/mol. The third-order valence-electron chi connectivity index (χ3n) is 5.03. The molecule has 3 aromatic rings. The summed E-state index contributed by atoms with van der Waals surface area (Å²) >= 11 is 3.01. The number of nitrogens with zero attached hydrogens (tertiary/aromatic N) is 3. The number of aryl methyl sites for hydroxylation is 4. The molecule has 1 aliphatic rings. The molecular formula is C21H21N3OS2. The zero-order valence-corrected chi connectivity index (χ0v) is 17.3. The van der Waals surface area contributed by atoms with Gasteiger partial charge in [-0.3, -0.25) is 9.36 Å². The number of fused-ring (bicyclic) bond motifs is 3. The summed E-state index contributed by atoms with van der Waals surface area (Å²) in [5.41, 5.74) is 4.18. The zero-order valence-electron chi connectivity index (χ0n) is 15.7. The molecule has 1 aliphatic carbocycles. The van der Waals surface area contributed by atoms with Crippen LogP contribution in [0.4, 0.5) is 0 Å². The fraction of sp³-hybridized carbons (Fsp3) is 0.381. The first-order chi connectivity index (χ1) is 13.0. The molecule has 0 radical (unpaired) electrons. The average molecular weight is 396 g/mol. The van der Waals surface area contributed by atoms with Crippen LogP contribution in [0, 0.1) is 25.2 Å². The van der Waals surface area contributed by atoms with Crippen LogP contribution in [0.5, 0.6) is 0 Å². The molecule has 0 N–H and O–H groups in total. The second-order valence-electron chi connectivity index (χ2n) is 7.11. The van der Waals surface area contributed by atoms with Crippen molar-refractivity contribution in [3.05, 3.63) is 50.1 Å². The lowest BCUT2D eigenvalue weighted by Crippen LogP contribution is -2.23.